The van der Waals surface area contributed by atoms with Gasteiger partial charge in [-0.1, -0.05) is 26.0 Å². The van der Waals surface area contributed by atoms with E-state index in [1.54, 1.807) is 42.1 Å². The van der Waals surface area contributed by atoms with Crippen molar-refractivity contribution in [2.45, 2.75) is 91.9 Å². The number of amides is 8. The van der Waals surface area contributed by atoms with Gasteiger partial charge in [0, 0.05) is 63.7 Å². The number of aliphatic carboxylic acids is 1. The number of aryl methyl sites for hydroxylation is 4. The summed E-state index contributed by atoms with van der Waals surface area (Å²) in [6.07, 6.45) is 6.47. The van der Waals surface area contributed by atoms with Crippen molar-refractivity contribution < 1.29 is 71.4 Å². The Kier molecular flexibility index (Phi) is 17.7. The summed E-state index contributed by atoms with van der Waals surface area (Å²) in [7, 11) is 0. The SMILES string of the molecule is CCc1nc(C)oc1C(=O)Nc1nc2cc(C(N)=O)cnc2n1C/C=C/Cn1c(NC(=O)c2oc(C)nc2CC)nc2cc(C(N)=O)cc(OCCCOC(=O)[C@H](C)NC(=O)[C@H](CCC(=O)O)NC(=O)CN3C(=O)C=CC3=O)c21. The minimum absolute atomic E-state index is 0.0105. The highest BCUT2D eigenvalue weighted by Gasteiger charge is 2.31. The molecule has 0 spiro atoms. The number of ether oxygens (including phenoxy) is 2. The van der Waals surface area contributed by atoms with E-state index in [0.29, 0.717) is 29.1 Å². The highest BCUT2D eigenvalue weighted by atomic mass is 16.5. The third kappa shape index (κ3) is 13.5. The molecule has 1 aliphatic rings. The monoisotopic (exact) mass is 1090 g/mol. The lowest BCUT2D eigenvalue weighted by Gasteiger charge is -2.21. The maximum atomic E-state index is 13.8. The van der Waals surface area contributed by atoms with E-state index in [1.165, 1.54) is 31.3 Å². The molecule has 0 bridgehead atoms. The second kappa shape index (κ2) is 24.7. The van der Waals surface area contributed by atoms with Gasteiger partial charge in [0.1, 0.15) is 35.4 Å². The number of carbonyl (C=O) groups is 10. The van der Waals surface area contributed by atoms with E-state index in [1.807, 2.05) is 6.92 Å². The largest absolute Gasteiger partial charge is 0.491 e. The summed E-state index contributed by atoms with van der Waals surface area (Å²) in [6, 6.07) is 1.42. The van der Waals surface area contributed by atoms with Crippen molar-refractivity contribution in [1.82, 2.24) is 49.6 Å². The number of carboxylic acids is 1. The molecule has 6 aromatic rings. The van der Waals surface area contributed by atoms with Gasteiger partial charge in [-0.25, -0.2) is 29.7 Å². The maximum Gasteiger partial charge on any atom is 0.328 e. The number of benzene rings is 1. The summed E-state index contributed by atoms with van der Waals surface area (Å²) < 4.78 is 25.9. The van der Waals surface area contributed by atoms with Gasteiger partial charge in [0.25, 0.3) is 23.6 Å². The van der Waals surface area contributed by atoms with Crippen molar-refractivity contribution in [1.29, 1.82) is 0 Å². The number of oxazole rings is 2. The fourth-order valence-electron chi connectivity index (χ4n) is 8.04. The van der Waals surface area contributed by atoms with Crippen molar-refractivity contribution in [2.24, 2.45) is 11.5 Å². The van der Waals surface area contributed by atoms with Crippen molar-refractivity contribution in [3.63, 3.8) is 0 Å². The zero-order chi connectivity index (χ0) is 57.2. The van der Waals surface area contributed by atoms with Crippen molar-refractivity contribution in [3.05, 3.63) is 94.5 Å². The summed E-state index contributed by atoms with van der Waals surface area (Å²) in [5, 5.41) is 19.4. The van der Waals surface area contributed by atoms with Crippen LogP contribution in [0.4, 0.5) is 11.9 Å². The number of carbonyl (C=O) groups excluding carboxylic acids is 9. The number of hydrogen-bond donors (Lipinski definition) is 7. The normalized spacial score (nSPS) is 13.0. The van der Waals surface area contributed by atoms with Gasteiger partial charge in [0.05, 0.1) is 35.7 Å². The first-order valence-corrected chi connectivity index (χ1v) is 24.5. The number of allylic oxidation sites excluding steroid dienone is 2. The standard InChI is InChI=1S/C50H54N14O15/c1-6-29-40(78-25(4)55-29)46(73)60-49-58-32-19-27(42(51)70)21-34(76-17-10-18-77-48(75)24(3)54-45(72)31(11-14-38(68)69)57-35(65)23-64-36(66)12-13-37(64)67)39(32)62(49)15-8-9-16-63-44-33(20-28(22-53-44)43(52)71)59-50(63)61-47(74)41-30(7-2)56-26(5)79-41/h8-9,12-13,19-22,24,31H,6-7,10-11,14-18,23H2,1-5H3,(H2,51,70)(H2,52,71)(H,54,72)(H,57,65)(H,68,69)(H,58,60,73)(H,59,61,74)/b9-8+/t24-,31-/m0/s1. The summed E-state index contributed by atoms with van der Waals surface area (Å²) in [5.74, 6) is -7.89. The highest BCUT2D eigenvalue weighted by molar-refractivity contribution is 6.14. The predicted molar refractivity (Wildman–Crippen MR) is 274 cm³/mol. The molecule has 414 valence electrons. The number of esters is 1. The van der Waals surface area contributed by atoms with Crippen LogP contribution in [0.3, 0.4) is 0 Å². The number of nitrogens with two attached hydrogens (primary N) is 2. The van der Waals surface area contributed by atoms with Gasteiger partial charge in [-0.05, 0) is 44.4 Å². The smallest absolute Gasteiger partial charge is 0.328 e. The number of pyridine rings is 1. The van der Waals surface area contributed by atoms with Crippen LogP contribution in [0, 0.1) is 13.8 Å². The number of anilines is 2. The van der Waals surface area contributed by atoms with Gasteiger partial charge in [-0.3, -0.25) is 63.3 Å². The third-order valence-corrected chi connectivity index (χ3v) is 11.8. The first-order valence-electron chi connectivity index (χ1n) is 24.5. The first-order chi connectivity index (χ1) is 37.6. The zero-order valence-corrected chi connectivity index (χ0v) is 43.2. The predicted octanol–water partition coefficient (Wildman–Crippen LogP) is 1.55. The van der Waals surface area contributed by atoms with Gasteiger partial charge in [-0.2, -0.15) is 0 Å². The van der Waals surface area contributed by atoms with E-state index >= 15 is 0 Å². The van der Waals surface area contributed by atoms with Crippen LogP contribution in [0.5, 0.6) is 5.75 Å². The Morgan fingerprint density at radius 1 is 0.759 bits per heavy atom. The lowest BCUT2D eigenvalue weighted by molar-refractivity contribution is -0.148. The number of fused-ring (bicyclic) bond motifs is 2. The quantitative estimate of drug-likeness (QED) is 0.0175. The molecule has 7 rings (SSSR count). The van der Waals surface area contributed by atoms with Crippen LogP contribution >= 0.6 is 0 Å². The molecule has 0 fully saturated rings. The van der Waals surface area contributed by atoms with Crippen LogP contribution in [-0.2, 0) is 59.4 Å². The molecule has 29 nitrogen and oxygen atoms in total. The molecule has 0 radical (unpaired) electrons. The van der Waals surface area contributed by atoms with E-state index in [4.69, 9.17) is 29.8 Å². The Morgan fingerprint density at radius 3 is 1.91 bits per heavy atom. The Balaban J connectivity index is 1.09. The van der Waals surface area contributed by atoms with E-state index in [-0.39, 0.29) is 107 Å². The number of nitrogens with zero attached hydrogens (tertiary/aromatic N) is 8. The number of aromatic nitrogens is 7. The molecular weight excluding hydrogens is 1040 g/mol. The van der Waals surface area contributed by atoms with Gasteiger partial charge in [0.15, 0.2) is 17.4 Å². The van der Waals surface area contributed by atoms with Crippen LogP contribution in [0.25, 0.3) is 22.2 Å². The minimum atomic E-state index is -1.47. The molecule has 1 aliphatic heterocycles. The Labute approximate surface area is 447 Å². The van der Waals surface area contributed by atoms with Gasteiger partial charge >= 0.3 is 11.9 Å². The van der Waals surface area contributed by atoms with E-state index in [2.05, 4.69) is 46.2 Å². The number of hydrogen-bond acceptors (Lipinski definition) is 19. The second-order valence-electron chi connectivity index (χ2n) is 17.6. The van der Waals surface area contributed by atoms with Gasteiger partial charge < -0.3 is 50.1 Å². The van der Waals surface area contributed by atoms with Crippen LogP contribution in [0.2, 0.25) is 0 Å². The number of imide groups is 1. The van der Waals surface area contributed by atoms with Crippen LogP contribution < -0.4 is 37.5 Å². The zero-order valence-electron chi connectivity index (χ0n) is 43.2. The average molecular weight is 1090 g/mol. The summed E-state index contributed by atoms with van der Waals surface area (Å²) >= 11 is 0. The number of imidazole rings is 2. The van der Waals surface area contributed by atoms with Crippen molar-refractivity contribution in [3.8, 4) is 5.75 Å². The summed E-state index contributed by atoms with van der Waals surface area (Å²) in [6.45, 7) is 6.96. The second-order valence-corrected chi connectivity index (χ2v) is 17.6. The number of rotatable bonds is 26. The minimum Gasteiger partial charge on any atom is -0.491 e. The molecule has 6 heterocycles. The molecule has 0 saturated heterocycles. The molecule has 1 aromatic carbocycles. The molecular formula is C50H54N14O15. The van der Waals surface area contributed by atoms with E-state index in [0.717, 1.165) is 12.2 Å². The van der Waals surface area contributed by atoms with E-state index in [9.17, 15) is 53.1 Å². The molecule has 5 aromatic heterocycles. The molecule has 0 aliphatic carbocycles. The topological polar surface area (TPSA) is 413 Å². The molecule has 9 N–H and O–H groups in total. The summed E-state index contributed by atoms with van der Waals surface area (Å²) in [4.78, 5) is 149. The lowest BCUT2D eigenvalue weighted by Crippen LogP contribution is -2.53. The third-order valence-electron chi connectivity index (χ3n) is 11.8. The number of carboxylic acid groups (broad SMARTS) is 1. The van der Waals surface area contributed by atoms with Gasteiger partial charge in [0.2, 0.25) is 47.0 Å². The van der Waals surface area contributed by atoms with Crippen molar-refractivity contribution >= 4 is 93.3 Å². The molecule has 8 amide bonds. The summed E-state index contributed by atoms with van der Waals surface area (Å²) in [5.41, 5.74) is 13.1. The van der Waals surface area contributed by atoms with Crippen LogP contribution in [0.15, 0.2) is 57.5 Å². The highest BCUT2D eigenvalue weighted by Crippen LogP contribution is 2.32. The molecule has 0 unspecified atom stereocenters. The molecule has 0 saturated carbocycles. The first kappa shape index (κ1) is 56.6. The Hall–Kier alpha value is -10.1. The van der Waals surface area contributed by atoms with Crippen molar-refractivity contribution in [2.75, 3.05) is 30.4 Å². The fourth-order valence-corrected chi connectivity index (χ4v) is 8.04. The van der Waals surface area contributed by atoms with Crippen LogP contribution in [0.1, 0.15) is 105 Å². The maximum absolute atomic E-state index is 13.8. The fraction of sp³-hybridized carbons (Fsp3) is 0.340. The Morgan fingerprint density at radius 2 is 1.33 bits per heavy atom. The number of nitrogens with one attached hydrogen (secondary N) is 4. The number of primary amides is 2. The Bertz CT molecular complexity index is 3480. The molecule has 2 atom stereocenters. The van der Waals surface area contributed by atoms with E-state index < -0.39 is 90.7 Å². The molecule has 79 heavy (non-hydrogen) atoms. The lowest BCUT2D eigenvalue weighted by atomic mass is 10.1. The van der Waals surface area contributed by atoms with Crippen LogP contribution in [-0.4, -0.2) is 135 Å². The molecule has 29 heteroatoms. The average Bonchev–Trinajstić information content (AvgIpc) is 4.29. The van der Waals surface area contributed by atoms with Gasteiger partial charge in [-0.15, -0.1) is 0 Å².